The van der Waals surface area contributed by atoms with Crippen LogP contribution >= 0.6 is 0 Å². The summed E-state index contributed by atoms with van der Waals surface area (Å²) in [5, 5.41) is 0.148. The lowest BCUT2D eigenvalue weighted by Crippen LogP contribution is -2.40. The van der Waals surface area contributed by atoms with Gasteiger partial charge in [-0.05, 0) is 35.8 Å². The highest BCUT2D eigenvalue weighted by Crippen LogP contribution is 2.36. The summed E-state index contributed by atoms with van der Waals surface area (Å²) in [6, 6.07) is 5.11. The van der Waals surface area contributed by atoms with E-state index in [2.05, 4.69) is 33.9 Å². The second-order valence-electron chi connectivity index (χ2n) is 6.59. The molecule has 0 radical (unpaired) electrons. The van der Waals surface area contributed by atoms with E-state index < -0.39 is 20.1 Å². The van der Waals surface area contributed by atoms with Crippen molar-refractivity contribution in [2.75, 3.05) is 6.61 Å². The minimum absolute atomic E-state index is 0.148. The van der Waals surface area contributed by atoms with E-state index in [0.717, 1.165) is 17.7 Å². The third-order valence-corrected chi connectivity index (χ3v) is 8.40. The van der Waals surface area contributed by atoms with Crippen LogP contribution in [0.25, 0.3) is 6.08 Å². The van der Waals surface area contributed by atoms with E-state index in [0.29, 0.717) is 6.61 Å². The summed E-state index contributed by atoms with van der Waals surface area (Å²) in [7, 11) is -1.78. The topological polar surface area (TPSA) is 9.23 Å². The predicted octanol–water partition coefficient (Wildman–Crippen LogP) is 5.74. The Balaban J connectivity index is 2.59. The first-order valence-electron chi connectivity index (χ1n) is 6.91. The molecule has 1 nitrogen and oxygen atoms in total. The van der Waals surface area contributed by atoms with E-state index in [9.17, 15) is 13.2 Å². The molecule has 0 atom stereocenters. The summed E-state index contributed by atoms with van der Waals surface area (Å²) >= 11 is 0. The van der Waals surface area contributed by atoms with Crippen molar-refractivity contribution in [2.24, 2.45) is 0 Å². The number of alkyl halides is 3. The second kappa shape index (κ2) is 6.36. The van der Waals surface area contributed by atoms with Crippen LogP contribution in [0, 0.1) is 0 Å². The van der Waals surface area contributed by atoms with Crippen molar-refractivity contribution in [3.63, 3.8) is 0 Å². The summed E-state index contributed by atoms with van der Waals surface area (Å²) in [6.45, 7) is 11.3. The van der Waals surface area contributed by atoms with E-state index in [-0.39, 0.29) is 5.04 Å². The molecule has 0 spiro atoms. The van der Waals surface area contributed by atoms with Gasteiger partial charge in [0.2, 0.25) is 0 Å². The third kappa shape index (κ3) is 5.32. The lowest BCUT2D eigenvalue weighted by atomic mass is 10.1. The Bertz CT molecular complexity index is 482. The van der Waals surface area contributed by atoms with Crippen molar-refractivity contribution in [3.8, 4) is 0 Å². The van der Waals surface area contributed by atoms with Gasteiger partial charge < -0.3 is 4.43 Å². The lowest BCUT2D eigenvalue weighted by Gasteiger charge is -2.35. The average Bonchev–Trinajstić information content (AvgIpc) is 2.33. The van der Waals surface area contributed by atoms with Crippen LogP contribution in [-0.2, 0) is 10.6 Å². The van der Waals surface area contributed by atoms with Crippen LogP contribution in [0.15, 0.2) is 30.3 Å². The van der Waals surface area contributed by atoms with Gasteiger partial charge in [-0.3, -0.25) is 0 Å². The molecule has 1 aromatic carbocycles. The molecule has 0 N–H and O–H groups in total. The molecule has 0 heterocycles. The smallest absolute Gasteiger partial charge is 0.413 e. The molecule has 0 aromatic heterocycles. The van der Waals surface area contributed by atoms with E-state index in [4.69, 9.17) is 4.43 Å². The molecule has 118 valence electrons. The predicted molar refractivity (Wildman–Crippen MR) is 83.6 cm³/mol. The maximum absolute atomic E-state index is 12.4. The van der Waals surface area contributed by atoms with Crippen LogP contribution in [0.2, 0.25) is 18.1 Å². The van der Waals surface area contributed by atoms with Crippen LogP contribution < -0.4 is 0 Å². The van der Waals surface area contributed by atoms with Gasteiger partial charge in [-0.15, -0.1) is 0 Å². The Morgan fingerprint density at radius 1 is 1.05 bits per heavy atom. The Morgan fingerprint density at radius 3 is 2.00 bits per heavy atom. The van der Waals surface area contributed by atoms with Crippen molar-refractivity contribution in [3.05, 3.63) is 41.5 Å². The number of benzene rings is 1. The zero-order valence-corrected chi connectivity index (χ0v) is 14.2. The zero-order chi connectivity index (χ0) is 16.3. The normalized spacial score (nSPS) is 13.9. The minimum atomic E-state index is -4.28. The molecular weight excluding hydrogens is 293 g/mol. The number of rotatable bonds is 4. The minimum Gasteiger partial charge on any atom is -0.413 e. The first-order valence-corrected chi connectivity index (χ1v) is 9.82. The van der Waals surface area contributed by atoms with E-state index in [1.807, 2.05) is 6.08 Å². The molecular formula is C16H23F3OSi. The van der Waals surface area contributed by atoms with Crippen molar-refractivity contribution in [2.45, 2.75) is 45.1 Å². The van der Waals surface area contributed by atoms with Gasteiger partial charge in [-0.1, -0.05) is 45.1 Å². The first kappa shape index (κ1) is 18.0. The quantitative estimate of drug-likeness (QED) is 0.644. The standard InChI is InChI=1S/C16H23F3OSi/c1-15(2,3)21(4,5)20-12-6-7-13-8-10-14(11-9-13)16(17,18)19/h6-11H,12H2,1-5H3/b7-6+. The zero-order valence-electron chi connectivity index (χ0n) is 13.2. The molecule has 0 bridgehead atoms. The Hall–Kier alpha value is -1.07. The SMILES string of the molecule is CC(C)(C)[Si](C)(C)OC/C=C/c1ccc(C(F)(F)F)cc1. The van der Waals surface area contributed by atoms with Crippen molar-refractivity contribution >= 4 is 14.4 Å². The highest BCUT2D eigenvalue weighted by atomic mass is 28.4. The highest BCUT2D eigenvalue weighted by Gasteiger charge is 2.36. The van der Waals surface area contributed by atoms with Crippen LogP contribution in [0.3, 0.4) is 0 Å². The van der Waals surface area contributed by atoms with Crippen molar-refractivity contribution in [1.82, 2.24) is 0 Å². The molecule has 0 aliphatic rings. The summed E-state index contributed by atoms with van der Waals surface area (Å²) in [6.07, 6.45) is -0.649. The van der Waals surface area contributed by atoms with E-state index in [1.54, 1.807) is 6.08 Å². The molecule has 0 fully saturated rings. The fraction of sp³-hybridized carbons (Fsp3) is 0.500. The van der Waals surface area contributed by atoms with Crippen LogP contribution in [0.1, 0.15) is 31.9 Å². The maximum Gasteiger partial charge on any atom is 0.416 e. The van der Waals surface area contributed by atoms with E-state index >= 15 is 0 Å². The van der Waals surface area contributed by atoms with Crippen molar-refractivity contribution in [1.29, 1.82) is 0 Å². The van der Waals surface area contributed by atoms with E-state index in [1.165, 1.54) is 12.1 Å². The van der Waals surface area contributed by atoms with Crippen molar-refractivity contribution < 1.29 is 17.6 Å². The molecule has 0 amide bonds. The summed E-state index contributed by atoms with van der Waals surface area (Å²) < 4.78 is 43.3. The van der Waals surface area contributed by atoms with Gasteiger partial charge in [0.1, 0.15) is 0 Å². The molecule has 0 aliphatic carbocycles. The number of halogens is 3. The molecule has 0 saturated heterocycles. The maximum atomic E-state index is 12.4. The molecule has 21 heavy (non-hydrogen) atoms. The Morgan fingerprint density at radius 2 is 1.57 bits per heavy atom. The van der Waals surface area contributed by atoms with Gasteiger partial charge in [0, 0.05) is 0 Å². The Kier molecular flexibility index (Phi) is 5.44. The average molecular weight is 316 g/mol. The van der Waals surface area contributed by atoms with Gasteiger partial charge in [-0.2, -0.15) is 13.2 Å². The molecule has 5 heteroatoms. The summed E-state index contributed by atoms with van der Waals surface area (Å²) in [5.41, 5.74) is 0.110. The third-order valence-electron chi connectivity index (χ3n) is 3.89. The fourth-order valence-electron chi connectivity index (χ4n) is 1.44. The molecule has 0 saturated carbocycles. The highest BCUT2D eigenvalue weighted by molar-refractivity contribution is 6.74. The van der Waals surface area contributed by atoms with Gasteiger partial charge in [0.25, 0.3) is 0 Å². The molecule has 1 rings (SSSR count). The largest absolute Gasteiger partial charge is 0.416 e. The van der Waals surface area contributed by atoms with Gasteiger partial charge in [0.15, 0.2) is 8.32 Å². The van der Waals surface area contributed by atoms with Crippen LogP contribution in [0.4, 0.5) is 13.2 Å². The van der Waals surface area contributed by atoms with Crippen LogP contribution in [-0.4, -0.2) is 14.9 Å². The molecule has 0 aliphatic heterocycles. The Labute approximate surface area is 126 Å². The molecule has 1 aromatic rings. The van der Waals surface area contributed by atoms with Crippen LogP contribution in [0.5, 0.6) is 0 Å². The van der Waals surface area contributed by atoms with Gasteiger partial charge >= 0.3 is 6.18 Å². The lowest BCUT2D eigenvalue weighted by molar-refractivity contribution is -0.137. The molecule has 0 unspecified atom stereocenters. The summed E-state index contributed by atoms with van der Waals surface area (Å²) in [4.78, 5) is 0. The number of hydrogen-bond acceptors (Lipinski definition) is 1. The fourth-order valence-corrected chi connectivity index (χ4v) is 2.39. The van der Waals surface area contributed by atoms with Gasteiger partial charge in [0.05, 0.1) is 12.2 Å². The number of hydrogen-bond donors (Lipinski definition) is 0. The second-order valence-corrected chi connectivity index (χ2v) is 11.4. The first-order chi connectivity index (χ1) is 9.43. The monoisotopic (exact) mass is 316 g/mol. The van der Waals surface area contributed by atoms with Gasteiger partial charge in [-0.25, -0.2) is 0 Å². The summed E-state index contributed by atoms with van der Waals surface area (Å²) in [5.74, 6) is 0.